The van der Waals surface area contributed by atoms with E-state index in [-0.39, 0.29) is 17.7 Å². The van der Waals surface area contributed by atoms with Crippen LogP contribution in [0.4, 0.5) is 0 Å². The zero-order valence-electron chi connectivity index (χ0n) is 10.2. The predicted molar refractivity (Wildman–Crippen MR) is 70.8 cm³/mol. The SMILES string of the molecule is Cc1cccc(C(=O)NC(C)c2nccs2)c1O. The van der Waals surface area contributed by atoms with Crippen molar-refractivity contribution in [1.29, 1.82) is 0 Å². The molecule has 0 saturated heterocycles. The van der Waals surface area contributed by atoms with Gasteiger partial charge in [0.05, 0.1) is 11.6 Å². The zero-order chi connectivity index (χ0) is 13.1. The summed E-state index contributed by atoms with van der Waals surface area (Å²) < 4.78 is 0. The summed E-state index contributed by atoms with van der Waals surface area (Å²) in [6.45, 7) is 3.62. The number of rotatable bonds is 3. The molecule has 1 unspecified atom stereocenters. The van der Waals surface area contributed by atoms with Crippen molar-refractivity contribution in [2.45, 2.75) is 19.9 Å². The largest absolute Gasteiger partial charge is 0.507 e. The van der Waals surface area contributed by atoms with Gasteiger partial charge in [-0.1, -0.05) is 12.1 Å². The molecule has 0 aliphatic rings. The van der Waals surface area contributed by atoms with E-state index < -0.39 is 0 Å². The number of carbonyl (C=O) groups is 1. The van der Waals surface area contributed by atoms with Crippen molar-refractivity contribution in [3.63, 3.8) is 0 Å². The second-order valence-electron chi connectivity index (χ2n) is 4.04. The number of carbonyl (C=O) groups excluding carboxylic acids is 1. The Morgan fingerprint density at radius 3 is 2.94 bits per heavy atom. The standard InChI is InChI=1S/C13H14N2O2S/c1-8-4-3-5-10(11(8)16)12(17)15-9(2)13-14-6-7-18-13/h3-7,9,16H,1-2H3,(H,15,17). The van der Waals surface area contributed by atoms with Gasteiger partial charge in [-0.2, -0.15) is 0 Å². The van der Waals surface area contributed by atoms with Crippen LogP contribution in [0.2, 0.25) is 0 Å². The quantitative estimate of drug-likeness (QED) is 0.894. The fourth-order valence-corrected chi connectivity index (χ4v) is 2.27. The summed E-state index contributed by atoms with van der Waals surface area (Å²) in [7, 11) is 0. The van der Waals surface area contributed by atoms with Gasteiger partial charge in [-0.25, -0.2) is 4.98 Å². The number of phenolic OH excluding ortho intramolecular Hbond substituents is 1. The van der Waals surface area contributed by atoms with E-state index in [1.807, 2.05) is 12.3 Å². The molecule has 0 aliphatic carbocycles. The monoisotopic (exact) mass is 262 g/mol. The molecular formula is C13H14N2O2S. The third-order valence-corrected chi connectivity index (χ3v) is 3.61. The van der Waals surface area contributed by atoms with Crippen molar-refractivity contribution in [3.8, 4) is 5.75 Å². The lowest BCUT2D eigenvalue weighted by atomic mass is 10.1. The normalized spacial score (nSPS) is 12.1. The fraction of sp³-hybridized carbons (Fsp3) is 0.231. The second kappa shape index (κ2) is 5.18. The smallest absolute Gasteiger partial charge is 0.255 e. The van der Waals surface area contributed by atoms with Gasteiger partial charge in [-0.05, 0) is 25.5 Å². The molecule has 0 bridgehead atoms. The molecule has 0 aliphatic heterocycles. The minimum Gasteiger partial charge on any atom is -0.507 e. The van der Waals surface area contributed by atoms with E-state index in [2.05, 4.69) is 10.3 Å². The minimum atomic E-state index is -0.293. The number of benzene rings is 1. The molecule has 94 valence electrons. The molecule has 0 spiro atoms. The summed E-state index contributed by atoms with van der Waals surface area (Å²) in [6.07, 6.45) is 1.70. The van der Waals surface area contributed by atoms with E-state index >= 15 is 0 Å². The summed E-state index contributed by atoms with van der Waals surface area (Å²) in [5.41, 5.74) is 0.975. The van der Waals surface area contributed by atoms with E-state index in [0.29, 0.717) is 11.1 Å². The second-order valence-corrected chi connectivity index (χ2v) is 4.96. The van der Waals surface area contributed by atoms with Crippen molar-refractivity contribution in [1.82, 2.24) is 10.3 Å². The van der Waals surface area contributed by atoms with E-state index in [0.717, 1.165) is 5.01 Å². The first kappa shape index (κ1) is 12.6. The highest BCUT2D eigenvalue weighted by Crippen LogP contribution is 2.22. The highest BCUT2D eigenvalue weighted by Gasteiger charge is 2.16. The molecule has 4 nitrogen and oxygen atoms in total. The lowest BCUT2D eigenvalue weighted by Gasteiger charge is -2.12. The highest BCUT2D eigenvalue weighted by molar-refractivity contribution is 7.09. The van der Waals surface area contributed by atoms with Crippen LogP contribution in [0.3, 0.4) is 0 Å². The molecular weight excluding hydrogens is 248 g/mol. The van der Waals surface area contributed by atoms with Crippen LogP contribution in [0, 0.1) is 6.92 Å². The number of aromatic hydroxyl groups is 1. The maximum absolute atomic E-state index is 12.0. The first-order valence-electron chi connectivity index (χ1n) is 5.58. The molecule has 1 heterocycles. The molecule has 0 saturated carbocycles. The van der Waals surface area contributed by atoms with E-state index in [4.69, 9.17) is 0 Å². The summed E-state index contributed by atoms with van der Waals surface area (Å²) in [6, 6.07) is 4.94. The number of nitrogens with zero attached hydrogens (tertiary/aromatic N) is 1. The van der Waals surface area contributed by atoms with Gasteiger partial charge in [0.25, 0.3) is 5.91 Å². The van der Waals surface area contributed by atoms with Gasteiger partial charge in [0.15, 0.2) is 0 Å². The van der Waals surface area contributed by atoms with Crippen molar-refractivity contribution < 1.29 is 9.90 Å². The van der Waals surface area contributed by atoms with Crippen LogP contribution in [0.25, 0.3) is 0 Å². The van der Waals surface area contributed by atoms with Gasteiger partial charge in [-0.15, -0.1) is 11.3 Å². The molecule has 0 fully saturated rings. The van der Waals surface area contributed by atoms with Crippen LogP contribution in [0.15, 0.2) is 29.8 Å². The highest BCUT2D eigenvalue weighted by atomic mass is 32.1. The Morgan fingerprint density at radius 1 is 1.50 bits per heavy atom. The first-order valence-corrected chi connectivity index (χ1v) is 6.46. The molecule has 2 rings (SSSR count). The molecule has 1 aromatic heterocycles. The van der Waals surface area contributed by atoms with Crippen molar-refractivity contribution in [2.75, 3.05) is 0 Å². The number of nitrogens with one attached hydrogen (secondary N) is 1. The van der Waals surface area contributed by atoms with Crippen LogP contribution < -0.4 is 5.32 Å². The number of amides is 1. The predicted octanol–water partition coefficient (Wildman–Crippen LogP) is 2.65. The van der Waals surface area contributed by atoms with Crippen LogP contribution in [0.1, 0.15) is 33.9 Å². The lowest BCUT2D eigenvalue weighted by molar-refractivity contribution is 0.0937. The van der Waals surface area contributed by atoms with Crippen molar-refractivity contribution >= 4 is 17.2 Å². The first-order chi connectivity index (χ1) is 8.59. The fourth-order valence-electron chi connectivity index (χ4n) is 1.63. The third-order valence-electron chi connectivity index (χ3n) is 2.65. The molecule has 2 aromatic rings. The third kappa shape index (κ3) is 2.51. The number of hydrogen-bond donors (Lipinski definition) is 2. The van der Waals surface area contributed by atoms with Crippen LogP contribution >= 0.6 is 11.3 Å². The topological polar surface area (TPSA) is 62.2 Å². The number of para-hydroxylation sites is 1. The Balaban J connectivity index is 2.15. The Labute approximate surface area is 109 Å². The molecule has 1 aromatic carbocycles. The van der Waals surface area contributed by atoms with E-state index in [9.17, 15) is 9.90 Å². The number of aryl methyl sites for hydroxylation is 1. The van der Waals surface area contributed by atoms with Crippen LogP contribution in [-0.2, 0) is 0 Å². The summed E-state index contributed by atoms with van der Waals surface area (Å²) in [4.78, 5) is 16.2. The Hall–Kier alpha value is -1.88. The van der Waals surface area contributed by atoms with Gasteiger partial charge < -0.3 is 10.4 Å². The Kier molecular flexibility index (Phi) is 3.62. The van der Waals surface area contributed by atoms with Gasteiger partial charge >= 0.3 is 0 Å². The minimum absolute atomic E-state index is 0.0290. The van der Waals surface area contributed by atoms with E-state index in [1.54, 1.807) is 31.3 Å². The molecule has 1 atom stereocenters. The molecule has 18 heavy (non-hydrogen) atoms. The average molecular weight is 262 g/mol. The molecule has 1 amide bonds. The van der Waals surface area contributed by atoms with E-state index in [1.165, 1.54) is 11.3 Å². The number of hydrogen-bond acceptors (Lipinski definition) is 4. The van der Waals surface area contributed by atoms with Gasteiger partial charge in [0.1, 0.15) is 10.8 Å². The lowest BCUT2D eigenvalue weighted by Crippen LogP contribution is -2.26. The zero-order valence-corrected chi connectivity index (χ0v) is 11.0. The molecule has 5 heteroatoms. The van der Waals surface area contributed by atoms with Gasteiger partial charge in [0, 0.05) is 11.6 Å². The maximum atomic E-state index is 12.0. The van der Waals surface area contributed by atoms with Gasteiger partial charge in [0.2, 0.25) is 0 Å². The Bertz CT molecular complexity index is 552. The van der Waals surface area contributed by atoms with Gasteiger partial charge in [-0.3, -0.25) is 4.79 Å². The molecule has 2 N–H and O–H groups in total. The molecule has 0 radical (unpaired) electrons. The van der Waals surface area contributed by atoms with Crippen molar-refractivity contribution in [2.24, 2.45) is 0 Å². The van der Waals surface area contributed by atoms with Crippen molar-refractivity contribution in [3.05, 3.63) is 45.9 Å². The average Bonchev–Trinajstić information content (AvgIpc) is 2.86. The summed E-state index contributed by atoms with van der Waals surface area (Å²) >= 11 is 1.49. The number of phenols is 1. The Morgan fingerprint density at radius 2 is 2.28 bits per heavy atom. The summed E-state index contributed by atoms with van der Waals surface area (Å²) in [5, 5.41) is 15.4. The number of thiazole rings is 1. The number of aromatic nitrogens is 1. The van der Waals surface area contributed by atoms with Crippen LogP contribution in [0.5, 0.6) is 5.75 Å². The maximum Gasteiger partial charge on any atom is 0.255 e. The van der Waals surface area contributed by atoms with Crippen LogP contribution in [-0.4, -0.2) is 16.0 Å². The summed E-state index contributed by atoms with van der Waals surface area (Å²) in [5.74, 6) is -0.264.